The molecule has 0 aliphatic carbocycles. The molecule has 0 aromatic heterocycles. The van der Waals surface area contributed by atoms with Crippen LogP contribution in [-0.4, -0.2) is 47.8 Å². The molecule has 2 aromatic carbocycles. The molecular weight excluding hydrogens is 366 g/mol. The number of nitrogens with zero attached hydrogens (tertiary/aromatic N) is 1. The maximum atomic E-state index is 13.0. The lowest BCUT2D eigenvalue weighted by atomic mass is 9.80. The van der Waals surface area contributed by atoms with Gasteiger partial charge in [0.15, 0.2) is 0 Å². The van der Waals surface area contributed by atoms with Crippen LogP contribution in [0.1, 0.15) is 53.3 Å². The number of amides is 1. The number of aryl methyl sites for hydroxylation is 1. The van der Waals surface area contributed by atoms with E-state index in [0.29, 0.717) is 31.5 Å². The Morgan fingerprint density at radius 1 is 1.17 bits per heavy atom. The molecule has 1 N–H and O–H groups in total. The van der Waals surface area contributed by atoms with E-state index < -0.39 is 0 Å². The largest absolute Gasteiger partial charge is 0.496 e. The topological polar surface area (TPSA) is 59.0 Å². The number of benzene rings is 2. The lowest BCUT2D eigenvalue weighted by molar-refractivity contribution is -0.181. The number of aliphatic hydroxyl groups excluding tert-OH is 1. The molecule has 0 radical (unpaired) electrons. The first-order chi connectivity index (χ1) is 14.0. The van der Waals surface area contributed by atoms with Gasteiger partial charge in [0, 0.05) is 31.5 Å². The van der Waals surface area contributed by atoms with Crippen molar-refractivity contribution in [1.82, 2.24) is 4.90 Å². The van der Waals surface area contributed by atoms with E-state index in [4.69, 9.17) is 9.47 Å². The molecule has 5 heteroatoms. The van der Waals surface area contributed by atoms with Gasteiger partial charge in [0.25, 0.3) is 5.91 Å². The number of rotatable bonds is 3. The maximum Gasteiger partial charge on any atom is 0.253 e. The Balaban J connectivity index is 1.44. The zero-order chi connectivity index (χ0) is 20.4. The maximum absolute atomic E-state index is 13.0. The van der Waals surface area contributed by atoms with Crippen LogP contribution >= 0.6 is 0 Å². The predicted octanol–water partition coefficient (Wildman–Crippen LogP) is 3.89. The Bertz CT molecular complexity index is 858. The first kappa shape index (κ1) is 19.9. The number of likely N-dealkylation sites (tertiary alicyclic amines) is 1. The van der Waals surface area contributed by atoms with Gasteiger partial charge in [-0.25, -0.2) is 0 Å². The molecule has 2 fully saturated rings. The fourth-order valence-electron chi connectivity index (χ4n) is 4.66. The van der Waals surface area contributed by atoms with Crippen molar-refractivity contribution in [3.63, 3.8) is 0 Å². The van der Waals surface area contributed by atoms with Crippen LogP contribution in [0, 0.1) is 6.92 Å². The Hall–Kier alpha value is -2.37. The molecule has 0 bridgehead atoms. The number of piperidine rings is 1. The highest BCUT2D eigenvalue weighted by Gasteiger charge is 2.44. The van der Waals surface area contributed by atoms with Crippen molar-refractivity contribution in [3.05, 3.63) is 65.2 Å². The first-order valence-electron chi connectivity index (χ1n) is 10.3. The Morgan fingerprint density at radius 2 is 1.90 bits per heavy atom. The molecule has 1 spiro atoms. The van der Waals surface area contributed by atoms with Gasteiger partial charge < -0.3 is 19.5 Å². The molecule has 2 saturated heterocycles. The molecule has 2 atom stereocenters. The highest BCUT2D eigenvalue weighted by atomic mass is 16.5. The molecule has 2 aromatic rings. The van der Waals surface area contributed by atoms with Gasteiger partial charge in [-0.1, -0.05) is 30.3 Å². The number of hydrogen-bond acceptors (Lipinski definition) is 4. The Labute approximate surface area is 172 Å². The van der Waals surface area contributed by atoms with Crippen molar-refractivity contribution in [3.8, 4) is 5.75 Å². The second-order valence-electron chi connectivity index (χ2n) is 8.27. The van der Waals surface area contributed by atoms with E-state index in [2.05, 4.69) is 12.1 Å². The summed E-state index contributed by atoms with van der Waals surface area (Å²) in [6, 6.07) is 15.7. The summed E-state index contributed by atoms with van der Waals surface area (Å²) in [7, 11) is 1.63. The average Bonchev–Trinajstić information content (AvgIpc) is 2.74. The minimum absolute atomic E-state index is 0.0431. The molecule has 154 valence electrons. The molecule has 29 heavy (non-hydrogen) atoms. The third kappa shape index (κ3) is 4.16. The normalized spacial score (nSPS) is 23.8. The second-order valence-corrected chi connectivity index (χ2v) is 8.27. The van der Waals surface area contributed by atoms with Crippen LogP contribution < -0.4 is 4.74 Å². The summed E-state index contributed by atoms with van der Waals surface area (Å²) in [5, 5.41) is 10.5. The molecule has 2 aliphatic heterocycles. The number of methoxy groups -OCH3 is 1. The fourth-order valence-corrected chi connectivity index (χ4v) is 4.66. The molecule has 2 heterocycles. The van der Waals surface area contributed by atoms with Crippen LogP contribution in [0.2, 0.25) is 0 Å². The van der Waals surface area contributed by atoms with Crippen LogP contribution in [0.3, 0.4) is 0 Å². The minimum Gasteiger partial charge on any atom is -0.496 e. The van der Waals surface area contributed by atoms with E-state index in [-0.39, 0.29) is 23.7 Å². The minimum atomic E-state index is -0.375. The lowest BCUT2D eigenvalue weighted by Crippen LogP contribution is -2.52. The fraction of sp³-hybridized carbons (Fsp3) is 0.458. The quantitative estimate of drug-likeness (QED) is 0.857. The van der Waals surface area contributed by atoms with Crippen LogP contribution in [0.25, 0.3) is 0 Å². The van der Waals surface area contributed by atoms with Gasteiger partial charge in [0.1, 0.15) is 5.75 Å². The van der Waals surface area contributed by atoms with E-state index in [1.54, 1.807) is 7.11 Å². The first-order valence-corrected chi connectivity index (χ1v) is 10.3. The Morgan fingerprint density at radius 3 is 2.55 bits per heavy atom. The van der Waals surface area contributed by atoms with Crippen LogP contribution in [0.5, 0.6) is 5.75 Å². The van der Waals surface area contributed by atoms with Crippen LogP contribution in [0.15, 0.2) is 48.5 Å². The number of carbonyl (C=O) groups excluding carboxylic acids is 1. The highest BCUT2D eigenvalue weighted by Crippen LogP contribution is 2.43. The van der Waals surface area contributed by atoms with E-state index in [1.165, 1.54) is 0 Å². The lowest BCUT2D eigenvalue weighted by Gasteiger charge is -2.48. The Kier molecular flexibility index (Phi) is 5.61. The standard InChI is InChI=1S/C24H29NO4/c1-17-14-19(8-9-21(17)28-2)23(27)25-12-10-24(11-13-25)16-20(26)15-22(29-24)18-6-4-3-5-7-18/h3-9,14,20,22,26H,10-13,15-16H2,1-2H3/t20-,22-/m1/s1. The molecule has 0 saturated carbocycles. The van der Waals surface area contributed by atoms with E-state index in [1.807, 2.05) is 48.2 Å². The zero-order valence-electron chi connectivity index (χ0n) is 17.1. The third-order valence-electron chi connectivity index (χ3n) is 6.26. The summed E-state index contributed by atoms with van der Waals surface area (Å²) in [5.41, 5.74) is 2.39. The van der Waals surface area contributed by atoms with Gasteiger partial charge in [0.2, 0.25) is 0 Å². The monoisotopic (exact) mass is 395 g/mol. The second kappa shape index (κ2) is 8.17. The van der Waals surface area contributed by atoms with Crippen molar-refractivity contribution >= 4 is 5.91 Å². The van der Waals surface area contributed by atoms with Crippen molar-refractivity contribution < 1.29 is 19.4 Å². The van der Waals surface area contributed by atoms with Crippen molar-refractivity contribution in [1.29, 1.82) is 0 Å². The van der Waals surface area contributed by atoms with Crippen molar-refractivity contribution in [2.75, 3.05) is 20.2 Å². The van der Waals surface area contributed by atoms with E-state index in [0.717, 1.165) is 29.7 Å². The molecule has 4 rings (SSSR count). The number of ether oxygens (including phenoxy) is 2. The van der Waals surface area contributed by atoms with Crippen molar-refractivity contribution in [2.24, 2.45) is 0 Å². The molecule has 2 aliphatic rings. The predicted molar refractivity (Wildman–Crippen MR) is 111 cm³/mol. The van der Waals surface area contributed by atoms with E-state index >= 15 is 0 Å². The van der Waals surface area contributed by atoms with Crippen LogP contribution in [-0.2, 0) is 4.74 Å². The number of aliphatic hydroxyl groups is 1. The van der Waals surface area contributed by atoms with Gasteiger partial charge in [-0.2, -0.15) is 0 Å². The van der Waals surface area contributed by atoms with Gasteiger partial charge in [-0.05, 0) is 49.1 Å². The summed E-state index contributed by atoms with van der Waals surface area (Å²) >= 11 is 0. The summed E-state index contributed by atoms with van der Waals surface area (Å²) in [6.45, 7) is 3.22. The highest BCUT2D eigenvalue weighted by molar-refractivity contribution is 5.94. The van der Waals surface area contributed by atoms with Gasteiger partial charge in [-0.15, -0.1) is 0 Å². The summed E-state index contributed by atoms with van der Waals surface area (Å²) in [5.74, 6) is 0.831. The zero-order valence-corrected chi connectivity index (χ0v) is 17.1. The van der Waals surface area contributed by atoms with Crippen molar-refractivity contribution in [2.45, 2.75) is 50.4 Å². The molecule has 5 nitrogen and oxygen atoms in total. The smallest absolute Gasteiger partial charge is 0.253 e. The molecule has 0 unspecified atom stereocenters. The third-order valence-corrected chi connectivity index (χ3v) is 6.26. The molecular formula is C24H29NO4. The number of hydrogen-bond donors (Lipinski definition) is 1. The van der Waals surface area contributed by atoms with Crippen LogP contribution in [0.4, 0.5) is 0 Å². The van der Waals surface area contributed by atoms with E-state index in [9.17, 15) is 9.90 Å². The summed E-state index contributed by atoms with van der Waals surface area (Å²) in [4.78, 5) is 14.9. The SMILES string of the molecule is COc1ccc(C(=O)N2CCC3(CC2)C[C@H](O)C[C@H](c2ccccc2)O3)cc1C. The number of carbonyl (C=O) groups is 1. The van der Waals surface area contributed by atoms with Gasteiger partial charge in [-0.3, -0.25) is 4.79 Å². The van der Waals surface area contributed by atoms with Gasteiger partial charge >= 0.3 is 0 Å². The summed E-state index contributed by atoms with van der Waals surface area (Å²) < 4.78 is 11.8. The average molecular weight is 395 g/mol. The summed E-state index contributed by atoms with van der Waals surface area (Å²) in [6.07, 6.45) is 2.29. The molecule has 1 amide bonds. The van der Waals surface area contributed by atoms with Gasteiger partial charge in [0.05, 0.1) is 24.9 Å².